The van der Waals surface area contributed by atoms with Crippen molar-refractivity contribution in [3.8, 4) is 11.4 Å². The first-order valence-electron chi connectivity index (χ1n) is 3.91. The molecule has 0 atom stereocenters. The van der Waals surface area contributed by atoms with Crippen molar-refractivity contribution in [2.75, 3.05) is 0 Å². The minimum Gasteiger partial charge on any atom is -0.221 e. The lowest BCUT2D eigenvalue weighted by atomic mass is 10.3. The molecule has 0 aliphatic rings. The van der Waals surface area contributed by atoms with Crippen LogP contribution in [0.25, 0.3) is 11.4 Å². The van der Waals surface area contributed by atoms with Gasteiger partial charge in [-0.05, 0) is 44.8 Å². The van der Waals surface area contributed by atoms with Crippen molar-refractivity contribution < 1.29 is 0 Å². The molecule has 2 aromatic heterocycles. The van der Waals surface area contributed by atoms with Crippen LogP contribution in [-0.4, -0.2) is 9.97 Å². The standard InChI is InChI=1S/C9H6Br2N2S/c1-5-2-6(4-14-5)9-12-7(10)3-8(11)13-9/h2-4H,1H3. The molecule has 0 unspecified atom stereocenters. The van der Waals surface area contributed by atoms with E-state index in [2.05, 4.69) is 60.2 Å². The van der Waals surface area contributed by atoms with Gasteiger partial charge in [-0.2, -0.15) is 0 Å². The number of rotatable bonds is 1. The van der Waals surface area contributed by atoms with Crippen LogP contribution in [0.4, 0.5) is 0 Å². The molecular weight excluding hydrogens is 328 g/mol. The molecule has 0 aromatic carbocycles. The first-order chi connectivity index (χ1) is 6.65. The topological polar surface area (TPSA) is 25.8 Å². The van der Waals surface area contributed by atoms with Gasteiger partial charge in [0.25, 0.3) is 0 Å². The summed E-state index contributed by atoms with van der Waals surface area (Å²) in [6.07, 6.45) is 0. The molecule has 0 radical (unpaired) electrons. The Morgan fingerprint density at radius 1 is 1.14 bits per heavy atom. The number of aromatic nitrogens is 2. The summed E-state index contributed by atoms with van der Waals surface area (Å²) in [6, 6.07) is 3.90. The van der Waals surface area contributed by atoms with E-state index in [4.69, 9.17) is 0 Å². The van der Waals surface area contributed by atoms with Crippen LogP contribution in [0.5, 0.6) is 0 Å². The maximum atomic E-state index is 4.30. The fourth-order valence-electron chi connectivity index (χ4n) is 1.08. The Morgan fingerprint density at radius 2 is 1.79 bits per heavy atom. The second-order valence-electron chi connectivity index (χ2n) is 2.78. The Balaban J connectivity index is 2.51. The smallest absolute Gasteiger partial charge is 0.162 e. The Hall–Kier alpha value is -0.260. The van der Waals surface area contributed by atoms with Crippen molar-refractivity contribution in [2.24, 2.45) is 0 Å². The minimum absolute atomic E-state index is 0.746. The summed E-state index contributed by atoms with van der Waals surface area (Å²) in [6.45, 7) is 2.07. The monoisotopic (exact) mass is 332 g/mol. The first kappa shape index (κ1) is 10.3. The van der Waals surface area contributed by atoms with Gasteiger partial charge >= 0.3 is 0 Å². The number of halogens is 2. The maximum absolute atomic E-state index is 4.30. The lowest BCUT2D eigenvalue weighted by molar-refractivity contribution is 1.12. The zero-order chi connectivity index (χ0) is 10.1. The van der Waals surface area contributed by atoms with Gasteiger partial charge < -0.3 is 0 Å². The summed E-state index contributed by atoms with van der Waals surface area (Å²) in [7, 11) is 0. The Kier molecular flexibility index (Phi) is 2.99. The van der Waals surface area contributed by atoms with Gasteiger partial charge in [-0.1, -0.05) is 0 Å². The number of hydrogen-bond acceptors (Lipinski definition) is 3. The van der Waals surface area contributed by atoms with Gasteiger partial charge in [-0.15, -0.1) is 11.3 Å². The Morgan fingerprint density at radius 3 is 2.29 bits per heavy atom. The van der Waals surface area contributed by atoms with E-state index in [1.807, 2.05) is 6.07 Å². The average molecular weight is 334 g/mol. The average Bonchev–Trinajstić information content (AvgIpc) is 2.50. The molecule has 0 saturated heterocycles. The van der Waals surface area contributed by atoms with Crippen molar-refractivity contribution in [1.82, 2.24) is 9.97 Å². The van der Waals surface area contributed by atoms with Gasteiger partial charge in [0.2, 0.25) is 0 Å². The fourth-order valence-corrected chi connectivity index (χ4v) is 2.84. The van der Waals surface area contributed by atoms with E-state index in [-0.39, 0.29) is 0 Å². The summed E-state index contributed by atoms with van der Waals surface area (Å²) in [5.74, 6) is 0.746. The molecule has 0 saturated carbocycles. The van der Waals surface area contributed by atoms with Crippen molar-refractivity contribution in [2.45, 2.75) is 6.92 Å². The van der Waals surface area contributed by atoms with E-state index in [1.165, 1.54) is 4.88 Å². The summed E-state index contributed by atoms with van der Waals surface area (Å²) in [5.41, 5.74) is 1.06. The molecule has 0 N–H and O–H groups in total. The minimum atomic E-state index is 0.746. The van der Waals surface area contributed by atoms with E-state index < -0.39 is 0 Å². The van der Waals surface area contributed by atoms with E-state index >= 15 is 0 Å². The van der Waals surface area contributed by atoms with Gasteiger partial charge in [0, 0.05) is 21.9 Å². The van der Waals surface area contributed by atoms with Crippen LogP contribution in [0.15, 0.2) is 26.7 Å². The van der Waals surface area contributed by atoms with Gasteiger partial charge in [0.1, 0.15) is 9.21 Å². The molecule has 0 aliphatic heterocycles. The molecule has 2 aromatic rings. The van der Waals surface area contributed by atoms with E-state index in [0.29, 0.717) is 0 Å². The Bertz CT molecular complexity index is 447. The van der Waals surface area contributed by atoms with Crippen LogP contribution in [0.1, 0.15) is 4.88 Å². The van der Waals surface area contributed by atoms with Crippen molar-refractivity contribution in [3.05, 3.63) is 31.6 Å². The highest BCUT2D eigenvalue weighted by molar-refractivity contribution is 9.11. The number of nitrogens with zero attached hydrogens (tertiary/aromatic N) is 2. The third-order valence-corrected chi connectivity index (χ3v) is 3.33. The van der Waals surface area contributed by atoms with Gasteiger partial charge in [-0.25, -0.2) is 9.97 Å². The quantitative estimate of drug-likeness (QED) is 0.736. The van der Waals surface area contributed by atoms with Gasteiger partial charge in [0.15, 0.2) is 5.82 Å². The normalized spacial score (nSPS) is 10.5. The van der Waals surface area contributed by atoms with Gasteiger partial charge in [0.05, 0.1) is 0 Å². The predicted molar refractivity (Wildman–Crippen MR) is 65.5 cm³/mol. The third-order valence-electron chi connectivity index (χ3n) is 1.65. The lowest BCUT2D eigenvalue weighted by Crippen LogP contribution is -1.88. The summed E-state index contributed by atoms with van der Waals surface area (Å²) in [4.78, 5) is 9.86. The second kappa shape index (κ2) is 4.08. The molecule has 72 valence electrons. The predicted octanol–water partition coefficient (Wildman–Crippen LogP) is 4.04. The molecule has 0 amide bonds. The largest absolute Gasteiger partial charge is 0.221 e. The SMILES string of the molecule is Cc1cc(-c2nc(Br)cc(Br)n2)cs1. The zero-order valence-corrected chi connectivity index (χ0v) is 11.3. The number of thiophene rings is 1. The molecule has 0 fully saturated rings. The van der Waals surface area contributed by atoms with Crippen molar-refractivity contribution in [1.29, 1.82) is 0 Å². The highest BCUT2D eigenvalue weighted by atomic mass is 79.9. The molecule has 0 bridgehead atoms. The van der Waals surface area contributed by atoms with E-state index in [9.17, 15) is 0 Å². The highest BCUT2D eigenvalue weighted by Crippen LogP contribution is 2.24. The fraction of sp³-hybridized carbons (Fsp3) is 0.111. The van der Waals surface area contributed by atoms with Crippen LogP contribution in [0.2, 0.25) is 0 Å². The summed E-state index contributed by atoms with van der Waals surface area (Å²) in [5, 5.41) is 2.06. The van der Waals surface area contributed by atoms with Crippen molar-refractivity contribution >= 4 is 43.2 Å². The van der Waals surface area contributed by atoms with E-state index in [1.54, 1.807) is 11.3 Å². The highest BCUT2D eigenvalue weighted by Gasteiger charge is 2.05. The maximum Gasteiger partial charge on any atom is 0.162 e. The van der Waals surface area contributed by atoms with Crippen molar-refractivity contribution in [3.63, 3.8) is 0 Å². The number of hydrogen-bond donors (Lipinski definition) is 0. The van der Waals surface area contributed by atoms with Crippen LogP contribution in [0.3, 0.4) is 0 Å². The molecule has 14 heavy (non-hydrogen) atoms. The number of aryl methyl sites for hydroxylation is 1. The molecular formula is C9H6Br2N2S. The molecule has 2 nitrogen and oxygen atoms in total. The van der Waals surface area contributed by atoms with E-state index in [0.717, 1.165) is 20.6 Å². The van der Waals surface area contributed by atoms with Crippen LogP contribution in [0, 0.1) is 6.92 Å². The van der Waals surface area contributed by atoms with Gasteiger partial charge in [-0.3, -0.25) is 0 Å². The van der Waals surface area contributed by atoms with Crippen LogP contribution >= 0.6 is 43.2 Å². The molecule has 5 heteroatoms. The third kappa shape index (κ3) is 2.21. The van der Waals surface area contributed by atoms with Crippen LogP contribution < -0.4 is 0 Å². The molecule has 0 aliphatic carbocycles. The zero-order valence-electron chi connectivity index (χ0n) is 7.29. The first-order valence-corrected chi connectivity index (χ1v) is 6.37. The molecule has 2 heterocycles. The lowest BCUT2D eigenvalue weighted by Gasteiger charge is -1.98. The molecule has 0 spiro atoms. The van der Waals surface area contributed by atoms with Crippen LogP contribution in [-0.2, 0) is 0 Å². The Labute approximate surface area is 103 Å². The summed E-state index contributed by atoms with van der Waals surface area (Å²) < 4.78 is 1.58. The second-order valence-corrected chi connectivity index (χ2v) is 5.52. The molecule has 2 rings (SSSR count). The summed E-state index contributed by atoms with van der Waals surface area (Å²) >= 11 is 8.38.